The standard InChI is InChI=1S/C59H35N3O2/c1-2-11-42(12-3-1)61-51-16-6-4-14-44(51)46-31-37(19-24-52(46)61)38-20-25-53-47(32-38)48-33-39(40-22-27-56-49(34-40)45-15-5-7-17-55(45)63-56)21-26-54(48)62(53)43-13-8-10-36(30-43)41-23-28-57-50(35-41)59-58(64-57)18-9-29-60-59/h1-35H. The molecule has 64 heavy (non-hydrogen) atoms. The number of aromatic nitrogens is 3. The monoisotopic (exact) mass is 817 g/mol. The number of hydrogen-bond acceptors (Lipinski definition) is 3. The molecule has 0 saturated carbocycles. The van der Waals surface area contributed by atoms with E-state index in [2.05, 4.69) is 196 Å². The third-order valence-electron chi connectivity index (χ3n) is 13.2. The van der Waals surface area contributed by atoms with E-state index in [0.717, 1.165) is 88.7 Å². The Morgan fingerprint density at radius 1 is 0.281 bits per heavy atom. The number of benzene rings is 9. The predicted octanol–water partition coefficient (Wildman–Crippen LogP) is 16.1. The molecule has 5 aromatic heterocycles. The third kappa shape index (κ3) is 5.22. The normalized spacial score (nSPS) is 12.1. The van der Waals surface area contributed by atoms with E-state index >= 15 is 0 Å². The minimum atomic E-state index is 0.796. The van der Waals surface area contributed by atoms with Crippen molar-refractivity contribution in [1.29, 1.82) is 0 Å². The second-order valence-corrected chi connectivity index (χ2v) is 16.7. The van der Waals surface area contributed by atoms with Crippen molar-refractivity contribution in [3.63, 3.8) is 0 Å². The zero-order chi connectivity index (χ0) is 41.9. The zero-order valence-corrected chi connectivity index (χ0v) is 34.4. The topological polar surface area (TPSA) is 49.0 Å². The molecular formula is C59H35N3O2. The van der Waals surface area contributed by atoms with Crippen LogP contribution in [0.15, 0.2) is 221 Å². The molecule has 0 saturated heterocycles. The summed E-state index contributed by atoms with van der Waals surface area (Å²) in [4.78, 5) is 4.65. The molecule has 14 aromatic rings. The van der Waals surface area contributed by atoms with Gasteiger partial charge in [-0.2, -0.15) is 0 Å². The maximum atomic E-state index is 6.22. The van der Waals surface area contributed by atoms with Crippen LogP contribution in [0.25, 0.3) is 132 Å². The van der Waals surface area contributed by atoms with Gasteiger partial charge in [-0.1, -0.05) is 97.1 Å². The zero-order valence-electron chi connectivity index (χ0n) is 34.4. The molecule has 0 amide bonds. The van der Waals surface area contributed by atoms with Gasteiger partial charge in [-0.25, -0.2) is 0 Å². The molecule has 9 aromatic carbocycles. The lowest BCUT2D eigenvalue weighted by Gasteiger charge is -2.11. The van der Waals surface area contributed by atoms with Crippen LogP contribution in [-0.4, -0.2) is 14.1 Å². The van der Waals surface area contributed by atoms with Gasteiger partial charge in [-0.05, 0) is 143 Å². The molecule has 0 N–H and O–H groups in total. The Hall–Kier alpha value is -8.67. The highest BCUT2D eigenvalue weighted by molar-refractivity contribution is 6.14. The fourth-order valence-electron chi connectivity index (χ4n) is 10.2. The number of pyridine rings is 1. The Morgan fingerprint density at radius 3 is 1.47 bits per heavy atom. The van der Waals surface area contributed by atoms with Crippen molar-refractivity contribution in [3.05, 3.63) is 212 Å². The Bertz CT molecular complexity index is 4200. The molecule has 14 rings (SSSR count). The molecular weight excluding hydrogens is 783 g/mol. The maximum Gasteiger partial charge on any atom is 0.153 e. The molecule has 0 atom stereocenters. The summed E-state index contributed by atoms with van der Waals surface area (Å²) < 4.78 is 17.1. The van der Waals surface area contributed by atoms with Crippen LogP contribution in [0.5, 0.6) is 0 Å². The Morgan fingerprint density at radius 2 is 0.750 bits per heavy atom. The Kier molecular flexibility index (Phi) is 7.33. The maximum absolute atomic E-state index is 6.22. The first-order chi connectivity index (χ1) is 31.7. The highest BCUT2D eigenvalue weighted by Crippen LogP contribution is 2.41. The van der Waals surface area contributed by atoms with Crippen molar-refractivity contribution in [2.75, 3.05) is 0 Å². The molecule has 5 heteroatoms. The smallest absolute Gasteiger partial charge is 0.153 e. The van der Waals surface area contributed by atoms with E-state index in [-0.39, 0.29) is 0 Å². The van der Waals surface area contributed by atoms with Crippen molar-refractivity contribution in [3.8, 4) is 44.8 Å². The van der Waals surface area contributed by atoms with E-state index in [1.54, 1.807) is 0 Å². The number of hydrogen-bond donors (Lipinski definition) is 0. The minimum Gasteiger partial charge on any atom is -0.456 e. The Balaban J connectivity index is 0.963. The van der Waals surface area contributed by atoms with Crippen LogP contribution in [0.2, 0.25) is 0 Å². The highest BCUT2D eigenvalue weighted by Gasteiger charge is 2.19. The van der Waals surface area contributed by atoms with Gasteiger partial charge >= 0.3 is 0 Å². The van der Waals surface area contributed by atoms with Gasteiger partial charge < -0.3 is 18.0 Å². The molecule has 5 nitrogen and oxygen atoms in total. The molecule has 0 aliphatic rings. The number of fused-ring (bicyclic) bond motifs is 12. The number of nitrogens with zero attached hydrogens (tertiary/aromatic N) is 3. The third-order valence-corrected chi connectivity index (χ3v) is 13.2. The average molecular weight is 818 g/mol. The van der Waals surface area contributed by atoms with Crippen molar-refractivity contribution in [1.82, 2.24) is 14.1 Å². The van der Waals surface area contributed by atoms with Gasteiger partial charge in [0.25, 0.3) is 0 Å². The summed E-state index contributed by atoms with van der Waals surface area (Å²) in [7, 11) is 0. The summed E-state index contributed by atoms with van der Waals surface area (Å²) in [6, 6.07) is 74.1. The Labute approximate surface area is 366 Å². The molecule has 298 valence electrons. The summed E-state index contributed by atoms with van der Waals surface area (Å²) >= 11 is 0. The van der Waals surface area contributed by atoms with Crippen LogP contribution >= 0.6 is 0 Å². The number of para-hydroxylation sites is 3. The van der Waals surface area contributed by atoms with Crippen LogP contribution < -0.4 is 0 Å². The molecule has 0 fully saturated rings. The molecule has 0 radical (unpaired) electrons. The lowest BCUT2D eigenvalue weighted by Crippen LogP contribution is -1.94. The minimum absolute atomic E-state index is 0.796. The highest BCUT2D eigenvalue weighted by atomic mass is 16.3. The van der Waals surface area contributed by atoms with Crippen LogP contribution in [0, 0.1) is 0 Å². The van der Waals surface area contributed by atoms with Gasteiger partial charge in [0.15, 0.2) is 5.58 Å². The van der Waals surface area contributed by atoms with E-state index in [9.17, 15) is 0 Å². The van der Waals surface area contributed by atoms with Crippen molar-refractivity contribution < 1.29 is 8.83 Å². The van der Waals surface area contributed by atoms with E-state index in [4.69, 9.17) is 8.83 Å². The molecule has 0 aliphatic heterocycles. The fourth-order valence-corrected chi connectivity index (χ4v) is 10.2. The van der Waals surface area contributed by atoms with Crippen LogP contribution in [0.1, 0.15) is 0 Å². The van der Waals surface area contributed by atoms with E-state index in [0.29, 0.717) is 0 Å². The second-order valence-electron chi connectivity index (χ2n) is 16.7. The number of rotatable bonds is 5. The van der Waals surface area contributed by atoms with Crippen LogP contribution in [-0.2, 0) is 0 Å². The molecule has 0 unspecified atom stereocenters. The van der Waals surface area contributed by atoms with Gasteiger partial charge in [0.1, 0.15) is 22.3 Å². The lowest BCUT2D eigenvalue weighted by atomic mass is 9.98. The van der Waals surface area contributed by atoms with E-state index < -0.39 is 0 Å². The van der Waals surface area contributed by atoms with Gasteiger partial charge in [0, 0.05) is 55.3 Å². The first-order valence-corrected chi connectivity index (χ1v) is 21.7. The summed E-state index contributed by atoms with van der Waals surface area (Å²) in [5, 5.41) is 8.12. The fraction of sp³-hybridized carbons (Fsp3) is 0. The van der Waals surface area contributed by atoms with Crippen LogP contribution in [0.3, 0.4) is 0 Å². The van der Waals surface area contributed by atoms with Gasteiger partial charge in [-0.15, -0.1) is 0 Å². The van der Waals surface area contributed by atoms with Crippen molar-refractivity contribution in [2.45, 2.75) is 0 Å². The van der Waals surface area contributed by atoms with Gasteiger partial charge in [0.2, 0.25) is 0 Å². The number of furan rings is 2. The quantitative estimate of drug-likeness (QED) is 0.174. The molecule has 0 bridgehead atoms. The summed E-state index contributed by atoms with van der Waals surface area (Å²) in [5.74, 6) is 0. The predicted molar refractivity (Wildman–Crippen MR) is 264 cm³/mol. The van der Waals surface area contributed by atoms with E-state index in [1.165, 1.54) is 43.7 Å². The summed E-state index contributed by atoms with van der Waals surface area (Å²) in [5.41, 5.74) is 18.1. The first kappa shape index (κ1) is 35.0. The summed E-state index contributed by atoms with van der Waals surface area (Å²) in [6.45, 7) is 0. The second kappa shape index (κ2) is 13.4. The average Bonchev–Trinajstić information content (AvgIpc) is 4.11. The van der Waals surface area contributed by atoms with Gasteiger partial charge in [-0.3, -0.25) is 4.98 Å². The SMILES string of the molecule is c1ccc(-n2c3ccccc3c3cc(-c4ccc5c(c4)c4cc(-c6ccc7oc8ccccc8c7c6)ccc4n5-c4cccc(-c5ccc6oc7cccnc7c6c5)c4)ccc32)cc1. The molecule has 0 aliphatic carbocycles. The van der Waals surface area contributed by atoms with Gasteiger partial charge in [0.05, 0.1) is 22.1 Å². The van der Waals surface area contributed by atoms with Crippen LogP contribution in [0.4, 0.5) is 0 Å². The first-order valence-electron chi connectivity index (χ1n) is 21.7. The summed E-state index contributed by atoms with van der Waals surface area (Å²) in [6.07, 6.45) is 1.82. The largest absolute Gasteiger partial charge is 0.456 e. The van der Waals surface area contributed by atoms with Crippen molar-refractivity contribution >= 4 is 87.6 Å². The van der Waals surface area contributed by atoms with E-state index in [1.807, 2.05) is 30.5 Å². The molecule has 5 heterocycles. The lowest BCUT2D eigenvalue weighted by molar-refractivity contribution is 0.668. The molecule has 0 spiro atoms. The van der Waals surface area contributed by atoms with Crippen molar-refractivity contribution in [2.24, 2.45) is 0 Å².